The van der Waals surface area contributed by atoms with E-state index in [0.29, 0.717) is 0 Å². The molecule has 0 saturated heterocycles. The van der Waals surface area contributed by atoms with E-state index in [2.05, 4.69) is 21.9 Å². The first-order valence-electron chi connectivity index (χ1n) is 8.28. The fourth-order valence-corrected chi connectivity index (χ4v) is 2.99. The van der Waals surface area contributed by atoms with Gasteiger partial charge >= 0.3 is 0 Å². The molecule has 0 aliphatic heterocycles. The average molecular weight is 335 g/mol. The Morgan fingerprint density at radius 1 is 1.40 bits per heavy atom. The standard InChI is InChI=1S/C20H18FN3O/c1-3-12-9-22-19-16(12)7-13(10-23-19)15-8-17(18(21)6-11(15)2)20(25)24-14-4-5-14/h3,6-10,14H,1,4-5H2,2H3,(H,22,23)(H,24,25). The molecule has 0 spiro atoms. The summed E-state index contributed by atoms with van der Waals surface area (Å²) in [5, 5.41) is 3.78. The van der Waals surface area contributed by atoms with Crippen LogP contribution in [0, 0.1) is 12.7 Å². The molecule has 1 amide bonds. The summed E-state index contributed by atoms with van der Waals surface area (Å²) < 4.78 is 14.3. The highest BCUT2D eigenvalue weighted by molar-refractivity contribution is 5.97. The minimum Gasteiger partial charge on any atom is -0.349 e. The molecule has 1 aliphatic rings. The first kappa shape index (κ1) is 15.6. The number of hydrogen-bond donors (Lipinski definition) is 2. The van der Waals surface area contributed by atoms with Crippen LogP contribution in [-0.2, 0) is 0 Å². The molecule has 5 heteroatoms. The number of halogens is 1. The fraction of sp³-hybridized carbons (Fsp3) is 0.200. The zero-order valence-electron chi connectivity index (χ0n) is 13.9. The van der Waals surface area contributed by atoms with Crippen molar-refractivity contribution in [2.45, 2.75) is 25.8 Å². The van der Waals surface area contributed by atoms with E-state index in [-0.39, 0.29) is 17.5 Å². The molecule has 4 rings (SSSR count). The number of nitrogens with zero attached hydrogens (tertiary/aromatic N) is 1. The van der Waals surface area contributed by atoms with E-state index < -0.39 is 5.82 Å². The number of H-pyrrole nitrogens is 1. The van der Waals surface area contributed by atoms with Gasteiger partial charge in [0.25, 0.3) is 5.91 Å². The van der Waals surface area contributed by atoms with Gasteiger partial charge < -0.3 is 10.3 Å². The molecular formula is C20H18FN3O. The van der Waals surface area contributed by atoms with Crippen LogP contribution >= 0.6 is 0 Å². The summed E-state index contributed by atoms with van der Waals surface area (Å²) in [5.74, 6) is -0.856. The number of nitrogens with one attached hydrogen (secondary N) is 2. The number of carbonyl (C=O) groups is 1. The Hall–Kier alpha value is -2.95. The second kappa shape index (κ2) is 5.84. The molecule has 0 bridgehead atoms. The minimum absolute atomic E-state index is 0.0746. The number of hydrogen-bond acceptors (Lipinski definition) is 2. The smallest absolute Gasteiger partial charge is 0.254 e. The summed E-state index contributed by atoms with van der Waals surface area (Å²) in [7, 11) is 0. The molecule has 2 N–H and O–H groups in total. The molecule has 2 aromatic heterocycles. The Labute approximate surface area is 144 Å². The molecule has 0 atom stereocenters. The molecule has 1 fully saturated rings. The van der Waals surface area contributed by atoms with Crippen molar-refractivity contribution >= 4 is 23.0 Å². The predicted octanol–water partition coefficient (Wildman–Crippen LogP) is 4.21. The maximum absolute atomic E-state index is 14.3. The number of rotatable bonds is 4. The Morgan fingerprint density at radius 2 is 2.20 bits per heavy atom. The van der Waals surface area contributed by atoms with Crippen LogP contribution in [0.4, 0.5) is 4.39 Å². The van der Waals surface area contributed by atoms with E-state index in [1.807, 2.05) is 19.2 Å². The number of carbonyl (C=O) groups excluding carboxylic acids is 1. The van der Waals surface area contributed by atoms with Gasteiger partial charge in [-0.05, 0) is 49.1 Å². The summed E-state index contributed by atoms with van der Waals surface area (Å²) in [4.78, 5) is 19.8. The van der Waals surface area contributed by atoms with Gasteiger partial charge in [-0.15, -0.1) is 0 Å². The highest BCUT2D eigenvalue weighted by Crippen LogP contribution is 2.30. The van der Waals surface area contributed by atoms with Crippen LogP contribution in [0.5, 0.6) is 0 Å². The van der Waals surface area contributed by atoms with Gasteiger partial charge in [-0.25, -0.2) is 9.37 Å². The second-order valence-electron chi connectivity index (χ2n) is 6.46. The van der Waals surface area contributed by atoms with E-state index in [1.54, 1.807) is 18.3 Å². The molecule has 0 radical (unpaired) electrons. The summed E-state index contributed by atoms with van der Waals surface area (Å²) in [6.45, 7) is 5.64. The number of benzene rings is 1. The van der Waals surface area contributed by atoms with Crippen LogP contribution in [-0.4, -0.2) is 21.9 Å². The quantitative estimate of drug-likeness (QED) is 0.750. The maximum Gasteiger partial charge on any atom is 0.254 e. The van der Waals surface area contributed by atoms with Crippen LogP contribution in [0.3, 0.4) is 0 Å². The van der Waals surface area contributed by atoms with Gasteiger partial charge in [0, 0.05) is 34.9 Å². The van der Waals surface area contributed by atoms with Crippen LogP contribution < -0.4 is 5.32 Å². The first-order chi connectivity index (χ1) is 12.1. The van der Waals surface area contributed by atoms with Gasteiger partial charge in [0.2, 0.25) is 0 Å². The predicted molar refractivity (Wildman–Crippen MR) is 96.8 cm³/mol. The lowest BCUT2D eigenvalue weighted by Crippen LogP contribution is -2.26. The highest BCUT2D eigenvalue weighted by Gasteiger charge is 2.25. The molecule has 0 unspecified atom stereocenters. The molecule has 1 aliphatic carbocycles. The van der Waals surface area contributed by atoms with Crippen LogP contribution in [0.2, 0.25) is 0 Å². The van der Waals surface area contributed by atoms with Gasteiger partial charge in [0.1, 0.15) is 11.5 Å². The SMILES string of the molecule is C=Cc1c[nH]c2ncc(-c3cc(C(=O)NC4CC4)c(F)cc3C)cc12. The molecule has 25 heavy (non-hydrogen) atoms. The fourth-order valence-electron chi connectivity index (χ4n) is 2.99. The third-order valence-corrected chi connectivity index (χ3v) is 4.57. The number of amides is 1. The van der Waals surface area contributed by atoms with Gasteiger partial charge in [0.05, 0.1) is 5.56 Å². The van der Waals surface area contributed by atoms with E-state index in [1.165, 1.54) is 6.07 Å². The largest absolute Gasteiger partial charge is 0.349 e. The Kier molecular flexibility index (Phi) is 3.64. The molecule has 4 nitrogen and oxygen atoms in total. The van der Waals surface area contributed by atoms with Crippen molar-refractivity contribution in [2.24, 2.45) is 0 Å². The van der Waals surface area contributed by atoms with Crippen molar-refractivity contribution in [3.05, 3.63) is 59.7 Å². The molecule has 3 aromatic rings. The molecule has 1 aromatic carbocycles. The van der Waals surface area contributed by atoms with Crippen molar-refractivity contribution in [1.29, 1.82) is 0 Å². The topological polar surface area (TPSA) is 57.8 Å². The lowest BCUT2D eigenvalue weighted by Gasteiger charge is -2.11. The normalized spacial score (nSPS) is 13.8. The summed E-state index contributed by atoms with van der Waals surface area (Å²) in [6, 6.07) is 5.20. The molecule has 1 saturated carbocycles. The summed E-state index contributed by atoms with van der Waals surface area (Å²) in [5.41, 5.74) is 4.20. The van der Waals surface area contributed by atoms with Gasteiger partial charge in [-0.2, -0.15) is 0 Å². The third kappa shape index (κ3) is 2.82. The third-order valence-electron chi connectivity index (χ3n) is 4.57. The Bertz CT molecular complexity index is 1000. The van der Waals surface area contributed by atoms with Crippen molar-refractivity contribution in [2.75, 3.05) is 0 Å². The number of aryl methyl sites for hydroxylation is 1. The lowest BCUT2D eigenvalue weighted by molar-refractivity contribution is 0.0947. The van der Waals surface area contributed by atoms with E-state index in [9.17, 15) is 9.18 Å². The molecule has 126 valence electrons. The van der Waals surface area contributed by atoms with Gasteiger partial charge in [0.15, 0.2) is 0 Å². The Morgan fingerprint density at radius 3 is 2.92 bits per heavy atom. The molecule has 2 heterocycles. The summed E-state index contributed by atoms with van der Waals surface area (Å²) >= 11 is 0. The number of aromatic amines is 1. The molecular weight excluding hydrogens is 317 g/mol. The second-order valence-corrected chi connectivity index (χ2v) is 6.46. The lowest BCUT2D eigenvalue weighted by atomic mass is 9.97. The van der Waals surface area contributed by atoms with Crippen molar-refractivity contribution in [1.82, 2.24) is 15.3 Å². The highest BCUT2D eigenvalue weighted by atomic mass is 19.1. The number of aromatic nitrogens is 2. The summed E-state index contributed by atoms with van der Waals surface area (Å²) in [6.07, 6.45) is 7.26. The van der Waals surface area contributed by atoms with Crippen molar-refractivity contribution in [3.8, 4) is 11.1 Å². The number of pyridine rings is 1. The van der Waals surface area contributed by atoms with E-state index in [4.69, 9.17) is 0 Å². The zero-order chi connectivity index (χ0) is 17.6. The van der Waals surface area contributed by atoms with Crippen LogP contribution in [0.15, 0.2) is 37.2 Å². The van der Waals surface area contributed by atoms with E-state index in [0.717, 1.165) is 46.1 Å². The average Bonchev–Trinajstić information content (AvgIpc) is 3.31. The Balaban J connectivity index is 1.81. The minimum atomic E-state index is -0.498. The van der Waals surface area contributed by atoms with Gasteiger partial charge in [-0.3, -0.25) is 4.79 Å². The van der Waals surface area contributed by atoms with E-state index >= 15 is 0 Å². The van der Waals surface area contributed by atoms with Crippen molar-refractivity contribution in [3.63, 3.8) is 0 Å². The van der Waals surface area contributed by atoms with Gasteiger partial charge in [-0.1, -0.05) is 12.7 Å². The van der Waals surface area contributed by atoms with Crippen molar-refractivity contribution < 1.29 is 9.18 Å². The monoisotopic (exact) mass is 335 g/mol. The maximum atomic E-state index is 14.3. The number of fused-ring (bicyclic) bond motifs is 1. The van der Waals surface area contributed by atoms with Crippen LogP contribution in [0.25, 0.3) is 28.2 Å². The zero-order valence-corrected chi connectivity index (χ0v) is 13.9. The van der Waals surface area contributed by atoms with Crippen LogP contribution in [0.1, 0.15) is 34.3 Å². The first-order valence-corrected chi connectivity index (χ1v) is 8.28.